The minimum absolute atomic E-state index is 0.118. The van der Waals surface area contributed by atoms with Crippen LogP contribution in [0.15, 0.2) is 46.3 Å². The second-order valence-corrected chi connectivity index (χ2v) is 7.14. The highest BCUT2D eigenvalue weighted by molar-refractivity contribution is 7.13. The van der Waals surface area contributed by atoms with Crippen LogP contribution in [0.3, 0.4) is 0 Å². The fourth-order valence-electron chi connectivity index (χ4n) is 2.63. The molecule has 0 aliphatic carbocycles. The number of nitrogens with zero attached hydrogens (tertiary/aromatic N) is 3. The van der Waals surface area contributed by atoms with Crippen LogP contribution in [-0.4, -0.2) is 34.1 Å². The van der Waals surface area contributed by atoms with Crippen LogP contribution in [0.2, 0.25) is 0 Å². The number of rotatable bonds is 8. The van der Waals surface area contributed by atoms with Gasteiger partial charge in [-0.2, -0.15) is 4.98 Å². The van der Waals surface area contributed by atoms with Crippen molar-refractivity contribution >= 4 is 17.2 Å². The quantitative estimate of drug-likeness (QED) is 0.582. The average molecular weight is 385 g/mol. The van der Waals surface area contributed by atoms with E-state index in [0.717, 1.165) is 11.3 Å². The van der Waals surface area contributed by atoms with Gasteiger partial charge in [0.2, 0.25) is 11.7 Å². The number of aryl methyl sites for hydroxylation is 1. The topological polar surface area (TPSA) is 68.5 Å². The van der Waals surface area contributed by atoms with Crippen molar-refractivity contribution < 1.29 is 14.1 Å². The lowest BCUT2D eigenvalue weighted by Crippen LogP contribution is -2.39. The van der Waals surface area contributed by atoms with Crippen LogP contribution in [0.4, 0.5) is 0 Å². The van der Waals surface area contributed by atoms with Gasteiger partial charge in [0.05, 0.1) is 11.4 Å². The first-order chi connectivity index (χ1) is 13.1. The standard InChI is InChI=1S/C20H23N3O3S/c1-4-14-8-10-15(11-9-14)25-16(5-2)20(24)23(3)13-18-21-19(22-26-18)17-7-6-12-27-17/h6-12,16H,4-5,13H2,1-3H3/t16-/m1/s1. The highest BCUT2D eigenvalue weighted by Gasteiger charge is 2.24. The number of likely N-dealkylation sites (N-methyl/N-ethyl adjacent to an activating group) is 1. The third-order valence-corrected chi connectivity index (χ3v) is 5.08. The summed E-state index contributed by atoms with van der Waals surface area (Å²) in [6.07, 6.45) is 0.988. The van der Waals surface area contributed by atoms with Gasteiger partial charge in [0.25, 0.3) is 5.91 Å². The van der Waals surface area contributed by atoms with Crippen molar-refractivity contribution in [2.24, 2.45) is 0 Å². The molecule has 1 atom stereocenters. The van der Waals surface area contributed by atoms with Crippen LogP contribution < -0.4 is 4.74 Å². The molecule has 1 aromatic carbocycles. The Morgan fingerprint density at radius 2 is 2.04 bits per heavy atom. The maximum atomic E-state index is 12.8. The van der Waals surface area contributed by atoms with Crippen LogP contribution >= 0.6 is 11.3 Å². The molecular formula is C20H23N3O3S. The van der Waals surface area contributed by atoms with E-state index in [-0.39, 0.29) is 12.5 Å². The van der Waals surface area contributed by atoms with Crippen LogP contribution in [-0.2, 0) is 17.8 Å². The number of aromatic nitrogens is 2. The first kappa shape index (κ1) is 19.1. The minimum Gasteiger partial charge on any atom is -0.481 e. The van der Waals surface area contributed by atoms with E-state index in [4.69, 9.17) is 9.26 Å². The summed E-state index contributed by atoms with van der Waals surface area (Å²) < 4.78 is 11.2. The Labute approximate surface area is 162 Å². The lowest BCUT2D eigenvalue weighted by Gasteiger charge is -2.22. The monoisotopic (exact) mass is 385 g/mol. The van der Waals surface area contributed by atoms with Gasteiger partial charge in [0.15, 0.2) is 6.10 Å². The predicted molar refractivity (Wildman–Crippen MR) is 105 cm³/mol. The van der Waals surface area contributed by atoms with E-state index in [1.165, 1.54) is 5.56 Å². The molecule has 142 valence electrons. The molecule has 0 saturated carbocycles. The molecule has 7 heteroatoms. The molecule has 3 aromatic rings. The van der Waals surface area contributed by atoms with Crippen LogP contribution in [0, 0.1) is 0 Å². The largest absolute Gasteiger partial charge is 0.481 e. The predicted octanol–water partition coefficient (Wildman–Crippen LogP) is 4.18. The van der Waals surface area contributed by atoms with Crippen LogP contribution in [0.5, 0.6) is 5.75 Å². The fourth-order valence-corrected chi connectivity index (χ4v) is 3.28. The van der Waals surface area contributed by atoms with Crippen molar-refractivity contribution in [1.29, 1.82) is 0 Å². The number of carbonyl (C=O) groups is 1. The van der Waals surface area contributed by atoms with Gasteiger partial charge in [-0.15, -0.1) is 11.3 Å². The second kappa shape index (κ2) is 8.81. The van der Waals surface area contributed by atoms with Gasteiger partial charge in [-0.25, -0.2) is 0 Å². The number of hydrogen-bond donors (Lipinski definition) is 0. The van der Waals surface area contributed by atoms with Crippen molar-refractivity contribution in [3.8, 4) is 16.5 Å². The summed E-state index contributed by atoms with van der Waals surface area (Å²) in [6.45, 7) is 4.27. The molecule has 0 N–H and O–H groups in total. The van der Waals surface area contributed by atoms with Crippen molar-refractivity contribution in [3.05, 3.63) is 53.2 Å². The van der Waals surface area contributed by atoms with Crippen molar-refractivity contribution in [3.63, 3.8) is 0 Å². The summed E-state index contributed by atoms with van der Waals surface area (Å²) in [5.41, 5.74) is 1.23. The zero-order chi connectivity index (χ0) is 19.2. The minimum atomic E-state index is -0.554. The highest BCUT2D eigenvalue weighted by Crippen LogP contribution is 2.22. The molecule has 0 spiro atoms. The summed E-state index contributed by atoms with van der Waals surface area (Å²) in [4.78, 5) is 19.6. The molecule has 3 rings (SSSR count). The third kappa shape index (κ3) is 4.74. The molecule has 2 aromatic heterocycles. The van der Waals surface area contributed by atoms with Crippen LogP contribution in [0.25, 0.3) is 10.7 Å². The normalized spacial score (nSPS) is 12.0. The second-order valence-electron chi connectivity index (χ2n) is 6.20. The Hall–Kier alpha value is -2.67. The Kier molecular flexibility index (Phi) is 6.24. The van der Waals surface area contributed by atoms with Gasteiger partial charge in [-0.1, -0.05) is 37.2 Å². The van der Waals surface area contributed by atoms with E-state index in [1.54, 1.807) is 23.3 Å². The Bertz CT molecular complexity index is 859. The molecule has 0 aliphatic rings. The maximum absolute atomic E-state index is 12.8. The van der Waals surface area contributed by atoms with Crippen LogP contribution in [0.1, 0.15) is 31.7 Å². The number of thiophene rings is 1. The zero-order valence-electron chi connectivity index (χ0n) is 15.7. The fraction of sp³-hybridized carbons (Fsp3) is 0.350. The van der Waals surface area contributed by atoms with Crippen molar-refractivity contribution in [1.82, 2.24) is 15.0 Å². The Morgan fingerprint density at radius 1 is 1.26 bits per heavy atom. The molecule has 0 fully saturated rings. The molecule has 27 heavy (non-hydrogen) atoms. The maximum Gasteiger partial charge on any atom is 0.263 e. The number of ether oxygens (including phenoxy) is 1. The zero-order valence-corrected chi connectivity index (χ0v) is 16.5. The van der Waals surface area contributed by atoms with Gasteiger partial charge in [0.1, 0.15) is 5.75 Å². The molecule has 0 saturated heterocycles. The Balaban J connectivity index is 1.62. The molecule has 0 aliphatic heterocycles. The lowest BCUT2D eigenvalue weighted by molar-refractivity contribution is -0.138. The molecule has 0 unspecified atom stereocenters. The van der Waals surface area contributed by atoms with Gasteiger partial charge < -0.3 is 14.2 Å². The Morgan fingerprint density at radius 3 is 2.67 bits per heavy atom. The molecule has 0 radical (unpaired) electrons. The SMILES string of the molecule is CCc1ccc(O[C@H](CC)C(=O)N(C)Cc2nc(-c3cccs3)no2)cc1. The lowest BCUT2D eigenvalue weighted by atomic mass is 10.1. The molecular weight excluding hydrogens is 362 g/mol. The average Bonchev–Trinajstić information content (AvgIpc) is 3.37. The summed E-state index contributed by atoms with van der Waals surface area (Å²) in [6, 6.07) is 11.7. The summed E-state index contributed by atoms with van der Waals surface area (Å²) in [5.74, 6) is 1.52. The van der Waals surface area contributed by atoms with E-state index >= 15 is 0 Å². The molecule has 0 bridgehead atoms. The van der Waals surface area contributed by atoms with E-state index in [9.17, 15) is 4.79 Å². The van der Waals surface area contributed by atoms with Gasteiger partial charge in [0, 0.05) is 7.05 Å². The van der Waals surface area contributed by atoms with Gasteiger partial charge >= 0.3 is 0 Å². The number of amides is 1. The first-order valence-electron chi connectivity index (χ1n) is 8.97. The summed E-state index contributed by atoms with van der Waals surface area (Å²) in [7, 11) is 1.71. The van der Waals surface area contributed by atoms with E-state index in [1.807, 2.05) is 48.7 Å². The van der Waals surface area contributed by atoms with Gasteiger partial charge in [-0.05, 0) is 42.0 Å². The third-order valence-electron chi connectivity index (χ3n) is 4.21. The van der Waals surface area contributed by atoms with Gasteiger partial charge in [-0.3, -0.25) is 4.79 Å². The summed E-state index contributed by atoms with van der Waals surface area (Å²) in [5, 5.41) is 5.93. The van der Waals surface area contributed by atoms with Crippen molar-refractivity contribution in [2.75, 3.05) is 7.05 Å². The number of benzene rings is 1. The van der Waals surface area contributed by atoms with E-state index in [0.29, 0.717) is 23.9 Å². The smallest absolute Gasteiger partial charge is 0.263 e. The first-order valence-corrected chi connectivity index (χ1v) is 9.85. The number of carbonyl (C=O) groups excluding carboxylic acids is 1. The molecule has 6 nitrogen and oxygen atoms in total. The number of hydrogen-bond acceptors (Lipinski definition) is 6. The summed E-state index contributed by atoms with van der Waals surface area (Å²) >= 11 is 1.54. The highest BCUT2D eigenvalue weighted by atomic mass is 32.1. The van der Waals surface area contributed by atoms with E-state index in [2.05, 4.69) is 17.1 Å². The molecule has 1 amide bonds. The van der Waals surface area contributed by atoms with E-state index < -0.39 is 6.10 Å². The molecule has 2 heterocycles. The van der Waals surface area contributed by atoms with Crippen molar-refractivity contribution in [2.45, 2.75) is 39.3 Å².